The van der Waals surface area contributed by atoms with Crippen LogP contribution in [0, 0.1) is 0 Å². The molecular weight excluding hydrogens is 709 g/mol. The summed E-state index contributed by atoms with van der Waals surface area (Å²) < 4.78 is 16.7. The van der Waals surface area contributed by atoms with Crippen molar-refractivity contribution in [3.63, 3.8) is 0 Å². The van der Waals surface area contributed by atoms with Gasteiger partial charge in [0.2, 0.25) is 0 Å². The van der Waals surface area contributed by atoms with Gasteiger partial charge >= 0.3 is 17.9 Å². The Hall–Kier alpha value is -3.41. The van der Waals surface area contributed by atoms with Crippen molar-refractivity contribution in [2.24, 2.45) is 0 Å². The third-order valence-electron chi connectivity index (χ3n) is 9.43. The van der Waals surface area contributed by atoms with Crippen LogP contribution in [0.3, 0.4) is 0 Å². The maximum atomic E-state index is 12.7. The van der Waals surface area contributed by atoms with Gasteiger partial charge < -0.3 is 14.2 Å². The zero-order chi connectivity index (χ0) is 41.5. The minimum atomic E-state index is -0.796. The molecule has 0 heterocycles. The van der Waals surface area contributed by atoms with Crippen molar-refractivity contribution in [3.8, 4) is 0 Å². The van der Waals surface area contributed by atoms with E-state index in [0.717, 1.165) is 122 Å². The molecule has 1 atom stereocenters. The van der Waals surface area contributed by atoms with Gasteiger partial charge in [-0.25, -0.2) is 0 Å². The fourth-order valence-corrected chi connectivity index (χ4v) is 5.96. The molecule has 0 saturated carbocycles. The lowest BCUT2D eigenvalue weighted by Gasteiger charge is -2.18. The third kappa shape index (κ3) is 43.6. The average molecular weight is 793 g/mol. The van der Waals surface area contributed by atoms with Crippen LogP contribution in [-0.2, 0) is 28.6 Å². The highest BCUT2D eigenvalue weighted by atomic mass is 16.6. The normalized spacial score (nSPS) is 12.8. The van der Waals surface area contributed by atoms with E-state index in [1.54, 1.807) is 0 Å². The van der Waals surface area contributed by atoms with Gasteiger partial charge in [-0.05, 0) is 89.9 Å². The molecular formula is C51H84O6. The lowest BCUT2D eigenvalue weighted by Crippen LogP contribution is -2.30. The summed E-state index contributed by atoms with van der Waals surface area (Å²) in [7, 11) is 0. The maximum Gasteiger partial charge on any atom is 0.306 e. The fourth-order valence-electron chi connectivity index (χ4n) is 5.96. The number of ether oxygens (including phenoxy) is 3. The van der Waals surface area contributed by atoms with Gasteiger partial charge in [0.1, 0.15) is 13.2 Å². The summed E-state index contributed by atoms with van der Waals surface area (Å²) in [6.07, 6.45) is 57.1. The number of rotatable bonds is 40. The lowest BCUT2D eigenvalue weighted by molar-refractivity contribution is -0.167. The summed E-state index contributed by atoms with van der Waals surface area (Å²) in [5.74, 6) is -0.952. The lowest BCUT2D eigenvalue weighted by atomic mass is 10.1. The van der Waals surface area contributed by atoms with Gasteiger partial charge in [0, 0.05) is 19.3 Å². The molecule has 324 valence electrons. The molecule has 6 nitrogen and oxygen atoms in total. The second kappa shape index (κ2) is 45.3. The largest absolute Gasteiger partial charge is 0.462 e. The highest BCUT2D eigenvalue weighted by Crippen LogP contribution is 2.13. The molecule has 0 saturated heterocycles. The minimum absolute atomic E-state index is 0.0970. The molecule has 6 heteroatoms. The van der Waals surface area contributed by atoms with Crippen LogP contribution in [0.5, 0.6) is 0 Å². The predicted molar refractivity (Wildman–Crippen MR) is 242 cm³/mol. The van der Waals surface area contributed by atoms with Crippen molar-refractivity contribution >= 4 is 17.9 Å². The molecule has 1 unspecified atom stereocenters. The number of carbonyl (C=O) groups is 3. The Balaban J connectivity index is 4.45. The monoisotopic (exact) mass is 793 g/mol. The number of carbonyl (C=O) groups excluding carboxylic acids is 3. The van der Waals surface area contributed by atoms with E-state index in [1.165, 1.54) is 38.5 Å². The number of allylic oxidation sites excluding steroid dienone is 14. The molecule has 0 N–H and O–H groups in total. The molecule has 57 heavy (non-hydrogen) atoms. The Bertz CT molecular complexity index is 1140. The Kier molecular flexibility index (Phi) is 42.6. The maximum absolute atomic E-state index is 12.7. The Labute approximate surface area is 350 Å². The quantitative estimate of drug-likeness (QED) is 0.0202. The molecule has 0 bridgehead atoms. The minimum Gasteiger partial charge on any atom is -0.462 e. The molecule has 0 aliphatic heterocycles. The van der Waals surface area contributed by atoms with Crippen LogP contribution in [0.4, 0.5) is 0 Å². The summed E-state index contributed by atoms with van der Waals surface area (Å²) in [6.45, 7) is 6.29. The van der Waals surface area contributed by atoms with Crippen molar-refractivity contribution in [2.45, 2.75) is 207 Å². The van der Waals surface area contributed by atoms with Crippen LogP contribution in [0.1, 0.15) is 201 Å². The molecule has 0 radical (unpaired) electrons. The average Bonchev–Trinajstić information content (AvgIpc) is 3.21. The van der Waals surface area contributed by atoms with E-state index in [9.17, 15) is 14.4 Å². The van der Waals surface area contributed by atoms with Crippen molar-refractivity contribution in [3.05, 3.63) is 85.1 Å². The van der Waals surface area contributed by atoms with Crippen molar-refractivity contribution in [1.82, 2.24) is 0 Å². The van der Waals surface area contributed by atoms with Crippen LogP contribution in [0.15, 0.2) is 85.1 Å². The zero-order valence-corrected chi connectivity index (χ0v) is 36.8. The summed E-state index contributed by atoms with van der Waals surface area (Å²) in [6, 6.07) is 0. The third-order valence-corrected chi connectivity index (χ3v) is 9.43. The molecule has 0 rings (SSSR count). The summed E-state index contributed by atoms with van der Waals surface area (Å²) >= 11 is 0. The molecule has 0 aliphatic carbocycles. The molecule has 0 amide bonds. The second-order valence-electron chi connectivity index (χ2n) is 15.0. The van der Waals surface area contributed by atoms with Crippen molar-refractivity contribution < 1.29 is 28.6 Å². The van der Waals surface area contributed by atoms with Gasteiger partial charge in [-0.2, -0.15) is 0 Å². The van der Waals surface area contributed by atoms with E-state index in [4.69, 9.17) is 14.2 Å². The highest BCUT2D eigenvalue weighted by Gasteiger charge is 2.19. The van der Waals surface area contributed by atoms with Gasteiger partial charge in [-0.3, -0.25) is 14.4 Å². The van der Waals surface area contributed by atoms with Gasteiger partial charge in [0.15, 0.2) is 6.10 Å². The number of unbranched alkanes of at least 4 members (excludes halogenated alkanes) is 17. The summed E-state index contributed by atoms with van der Waals surface area (Å²) in [4.78, 5) is 37.8. The molecule has 0 aromatic carbocycles. The fraction of sp³-hybridized carbons (Fsp3) is 0.667. The van der Waals surface area contributed by atoms with Crippen molar-refractivity contribution in [2.75, 3.05) is 13.2 Å². The van der Waals surface area contributed by atoms with Gasteiger partial charge in [-0.1, -0.05) is 176 Å². The van der Waals surface area contributed by atoms with Gasteiger partial charge in [0.05, 0.1) is 0 Å². The van der Waals surface area contributed by atoms with E-state index in [0.29, 0.717) is 19.3 Å². The molecule has 0 aromatic heterocycles. The first kappa shape index (κ1) is 53.6. The Morgan fingerprint density at radius 2 is 0.772 bits per heavy atom. The first-order valence-electron chi connectivity index (χ1n) is 23.1. The standard InChI is InChI=1S/C51H84O6/c1-4-7-10-13-16-19-22-24-26-28-29-32-35-38-41-44-50(53)56-47-48(46-55-49(52)43-40-37-34-31-21-18-15-12-9-6-3)57-51(54)45-42-39-36-33-30-27-25-23-20-17-14-11-8-5-2/h7-8,10-11,13,15-20,22,25,27,48H,4-6,9,12,14,21,23-24,26,28-47H2,1-3H3/b10-7-,11-8-,16-13-,18-15-,20-17-,22-19-,27-25-. The van der Waals surface area contributed by atoms with E-state index in [2.05, 4.69) is 106 Å². The zero-order valence-electron chi connectivity index (χ0n) is 36.8. The van der Waals surface area contributed by atoms with E-state index in [1.807, 2.05) is 0 Å². The van der Waals surface area contributed by atoms with Crippen LogP contribution in [-0.4, -0.2) is 37.2 Å². The van der Waals surface area contributed by atoms with Crippen LogP contribution >= 0.6 is 0 Å². The highest BCUT2D eigenvalue weighted by molar-refractivity contribution is 5.71. The SMILES string of the molecule is CC\C=C/C=C\C=C/CCCCCCCCCC(=O)OCC(COC(=O)CCCCCC/C=C\CCCC)OC(=O)CCCCCC/C=C\C/C=C\C/C=C\CC. The number of hydrogen-bond acceptors (Lipinski definition) is 6. The van der Waals surface area contributed by atoms with Crippen molar-refractivity contribution in [1.29, 1.82) is 0 Å². The molecule has 0 spiro atoms. The van der Waals surface area contributed by atoms with E-state index >= 15 is 0 Å². The topological polar surface area (TPSA) is 78.9 Å². The van der Waals surface area contributed by atoms with Crippen LogP contribution < -0.4 is 0 Å². The molecule has 0 fully saturated rings. The first-order chi connectivity index (χ1) is 28.0. The smallest absolute Gasteiger partial charge is 0.306 e. The first-order valence-corrected chi connectivity index (χ1v) is 23.1. The number of hydrogen-bond donors (Lipinski definition) is 0. The Morgan fingerprint density at radius 3 is 1.28 bits per heavy atom. The van der Waals surface area contributed by atoms with Crippen LogP contribution in [0.25, 0.3) is 0 Å². The molecule has 0 aromatic rings. The van der Waals surface area contributed by atoms with Gasteiger partial charge in [-0.15, -0.1) is 0 Å². The number of esters is 3. The summed E-state index contributed by atoms with van der Waals surface area (Å²) in [5, 5.41) is 0. The van der Waals surface area contributed by atoms with E-state index < -0.39 is 6.10 Å². The summed E-state index contributed by atoms with van der Waals surface area (Å²) in [5.41, 5.74) is 0. The van der Waals surface area contributed by atoms with Crippen LogP contribution in [0.2, 0.25) is 0 Å². The predicted octanol–water partition coefficient (Wildman–Crippen LogP) is 14.9. The molecule has 0 aliphatic rings. The second-order valence-corrected chi connectivity index (χ2v) is 15.0. The van der Waals surface area contributed by atoms with E-state index in [-0.39, 0.29) is 31.1 Å². The Morgan fingerprint density at radius 1 is 0.386 bits per heavy atom. The van der Waals surface area contributed by atoms with Gasteiger partial charge in [0.25, 0.3) is 0 Å².